The summed E-state index contributed by atoms with van der Waals surface area (Å²) < 4.78 is 0. The Morgan fingerprint density at radius 3 is 1.67 bits per heavy atom. The minimum atomic E-state index is 1.20. The standard InChI is InChI=1S/C8H19N.C2H3N/c1-3-5-7-9-8-6-4-2;1-2-3/h9H,3-8H2,1-2H3;1H3. The van der Waals surface area contributed by atoms with Gasteiger partial charge in [-0.25, -0.2) is 0 Å². The zero-order chi connectivity index (χ0) is 9.66. The normalized spacial score (nSPS) is 8.17. The number of unbranched alkanes of at least 4 members (excludes halogenated alkanes) is 2. The topological polar surface area (TPSA) is 35.8 Å². The summed E-state index contributed by atoms with van der Waals surface area (Å²) >= 11 is 0. The second kappa shape index (κ2) is 16.8. The van der Waals surface area contributed by atoms with Crippen molar-refractivity contribution in [3.63, 3.8) is 0 Å². The molecule has 0 unspecified atom stereocenters. The van der Waals surface area contributed by atoms with Crippen LogP contribution in [0.2, 0.25) is 0 Å². The molecule has 0 amide bonds. The maximum Gasteiger partial charge on any atom is 0.0587 e. The Bertz CT molecular complexity index is 88.5. The smallest absolute Gasteiger partial charge is 0.0587 e. The van der Waals surface area contributed by atoms with Crippen LogP contribution in [0.5, 0.6) is 0 Å². The fourth-order valence-corrected chi connectivity index (χ4v) is 0.729. The third-order valence-corrected chi connectivity index (χ3v) is 1.41. The molecule has 0 saturated heterocycles. The summed E-state index contributed by atoms with van der Waals surface area (Å²) in [4.78, 5) is 0. The highest BCUT2D eigenvalue weighted by Crippen LogP contribution is 1.85. The van der Waals surface area contributed by atoms with Crippen LogP contribution in [0.25, 0.3) is 0 Å². The van der Waals surface area contributed by atoms with Crippen molar-refractivity contribution < 1.29 is 0 Å². The number of hydrogen-bond donors (Lipinski definition) is 1. The lowest BCUT2D eigenvalue weighted by molar-refractivity contribution is 0.611. The SMILES string of the molecule is CC#N.CCCCNCCCC. The van der Waals surface area contributed by atoms with Crippen molar-refractivity contribution in [2.45, 2.75) is 46.5 Å². The number of rotatable bonds is 6. The van der Waals surface area contributed by atoms with Crippen LogP contribution < -0.4 is 5.32 Å². The summed E-state index contributed by atoms with van der Waals surface area (Å²) in [5.41, 5.74) is 0. The summed E-state index contributed by atoms with van der Waals surface area (Å²) in [7, 11) is 0. The van der Waals surface area contributed by atoms with E-state index in [0.29, 0.717) is 0 Å². The third kappa shape index (κ3) is 22.7. The van der Waals surface area contributed by atoms with Gasteiger partial charge in [0.15, 0.2) is 0 Å². The second-order valence-electron chi connectivity index (χ2n) is 2.68. The van der Waals surface area contributed by atoms with Crippen molar-refractivity contribution in [1.29, 1.82) is 5.26 Å². The lowest BCUT2D eigenvalue weighted by Gasteiger charge is -1.99. The molecule has 0 atom stereocenters. The van der Waals surface area contributed by atoms with Crippen molar-refractivity contribution in [1.82, 2.24) is 5.32 Å². The highest BCUT2D eigenvalue weighted by Gasteiger charge is 1.83. The van der Waals surface area contributed by atoms with Gasteiger partial charge in [-0.05, 0) is 25.9 Å². The van der Waals surface area contributed by atoms with E-state index in [-0.39, 0.29) is 0 Å². The Balaban J connectivity index is 0. The molecule has 1 N–H and O–H groups in total. The van der Waals surface area contributed by atoms with E-state index in [1.807, 2.05) is 0 Å². The molecular formula is C10H22N2. The molecule has 0 bridgehead atoms. The third-order valence-electron chi connectivity index (χ3n) is 1.41. The van der Waals surface area contributed by atoms with Crippen LogP contribution in [-0.2, 0) is 0 Å². The minimum Gasteiger partial charge on any atom is -0.317 e. The van der Waals surface area contributed by atoms with Crippen LogP contribution in [0, 0.1) is 11.3 Å². The van der Waals surface area contributed by atoms with Gasteiger partial charge in [0.2, 0.25) is 0 Å². The van der Waals surface area contributed by atoms with Gasteiger partial charge in [-0.2, -0.15) is 5.26 Å². The van der Waals surface area contributed by atoms with Gasteiger partial charge in [0.1, 0.15) is 0 Å². The quantitative estimate of drug-likeness (QED) is 0.622. The first-order valence-corrected chi connectivity index (χ1v) is 4.84. The first-order chi connectivity index (χ1) is 5.83. The van der Waals surface area contributed by atoms with Crippen LogP contribution in [0.4, 0.5) is 0 Å². The molecule has 0 aromatic heterocycles. The molecule has 0 fully saturated rings. The van der Waals surface area contributed by atoms with Crippen LogP contribution in [0.1, 0.15) is 46.5 Å². The van der Waals surface area contributed by atoms with E-state index < -0.39 is 0 Å². The molecular weight excluding hydrogens is 148 g/mol. The van der Waals surface area contributed by atoms with Gasteiger partial charge >= 0.3 is 0 Å². The van der Waals surface area contributed by atoms with Crippen LogP contribution >= 0.6 is 0 Å². The van der Waals surface area contributed by atoms with E-state index in [0.717, 1.165) is 0 Å². The molecule has 0 heterocycles. The molecule has 0 saturated carbocycles. The summed E-state index contributed by atoms with van der Waals surface area (Å²) in [5, 5.41) is 10.7. The Labute approximate surface area is 77.0 Å². The van der Waals surface area contributed by atoms with Gasteiger partial charge in [-0.1, -0.05) is 26.7 Å². The molecule has 0 aliphatic heterocycles. The lowest BCUT2D eigenvalue weighted by Crippen LogP contribution is -2.15. The van der Waals surface area contributed by atoms with Crippen molar-refractivity contribution in [3.05, 3.63) is 0 Å². The fraction of sp³-hybridized carbons (Fsp3) is 0.900. The Kier molecular flexibility index (Phi) is 19.6. The fourth-order valence-electron chi connectivity index (χ4n) is 0.729. The van der Waals surface area contributed by atoms with Gasteiger partial charge < -0.3 is 5.32 Å². The zero-order valence-corrected chi connectivity index (χ0v) is 8.69. The molecule has 0 aliphatic rings. The van der Waals surface area contributed by atoms with Crippen molar-refractivity contribution in [2.75, 3.05) is 13.1 Å². The van der Waals surface area contributed by atoms with E-state index >= 15 is 0 Å². The van der Waals surface area contributed by atoms with Crippen molar-refractivity contribution in [2.24, 2.45) is 0 Å². The zero-order valence-electron chi connectivity index (χ0n) is 8.69. The average Bonchev–Trinajstić information content (AvgIpc) is 2.06. The van der Waals surface area contributed by atoms with Crippen LogP contribution in [0.15, 0.2) is 0 Å². The van der Waals surface area contributed by atoms with Crippen LogP contribution in [0.3, 0.4) is 0 Å². The van der Waals surface area contributed by atoms with Gasteiger partial charge in [0.05, 0.1) is 6.07 Å². The molecule has 0 spiro atoms. The highest BCUT2D eigenvalue weighted by atomic mass is 14.8. The van der Waals surface area contributed by atoms with Crippen LogP contribution in [-0.4, -0.2) is 13.1 Å². The summed E-state index contributed by atoms with van der Waals surface area (Å²) in [6.07, 6.45) is 5.26. The summed E-state index contributed by atoms with van der Waals surface area (Å²) in [6.45, 7) is 8.29. The van der Waals surface area contributed by atoms with Gasteiger partial charge in [0, 0.05) is 6.92 Å². The number of nitrogens with zero attached hydrogens (tertiary/aromatic N) is 1. The monoisotopic (exact) mass is 170 g/mol. The Morgan fingerprint density at radius 1 is 1.08 bits per heavy atom. The largest absolute Gasteiger partial charge is 0.317 e. The molecule has 0 aromatic carbocycles. The van der Waals surface area contributed by atoms with Gasteiger partial charge in [0.25, 0.3) is 0 Å². The van der Waals surface area contributed by atoms with Crippen molar-refractivity contribution >= 4 is 0 Å². The number of nitrogens with one attached hydrogen (secondary N) is 1. The molecule has 12 heavy (non-hydrogen) atoms. The first kappa shape index (κ1) is 14.0. The van der Waals surface area contributed by atoms with Gasteiger partial charge in [-0.3, -0.25) is 0 Å². The number of nitriles is 1. The summed E-state index contributed by atoms with van der Waals surface area (Å²) in [5.74, 6) is 0. The Hall–Kier alpha value is -0.550. The van der Waals surface area contributed by atoms with E-state index in [9.17, 15) is 0 Å². The molecule has 0 radical (unpaired) electrons. The van der Waals surface area contributed by atoms with E-state index in [4.69, 9.17) is 5.26 Å². The van der Waals surface area contributed by atoms with E-state index in [2.05, 4.69) is 19.2 Å². The first-order valence-electron chi connectivity index (χ1n) is 4.84. The molecule has 0 aliphatic carbocycles. The lowest BCUT2D eigenvalue weighted by atomic mass is 10.3. The van der Waals surface area contributed by atoms with E-state index in [1.165, 1.54) is 45.7 Å². The molecule has 0 rings (SSSR count). The maximum absolute atomic E-state index is 7.32. The molecule has 2 heteroatoms. The Morgan fingerprint density at radius 2 is 1.42 bits per heavy atom. The molecule has 72 valence electrons. The maximum atomic E-state index is 7.32. The second-order valence-corrected chi connectivity index (χ2v) is 2.68. The predicted octanol–water partition coefficient (Wildman–Crippen LogP) is 2.71. The average molecular weight is 170 g/mol. The molecule has 2 nitrogen and oxygen atoms in total. The highest BCUT2D eigenvalue weighted by molar-refractivity contribution is 4.51. The molecule has 0 aromatic rings. The predicted molar refractivity (Wildman–Crippen MR) is 54.0 cm³/mol. The number of hydrogen-bond acceptors (Lipinski definition) is 2. The van der Waals surface area contributed by atoms with Gasteiger partial charge in [-0.15, -0.1) is 0 Å². The minimum absolute atomic E-state index is 1.20. The summed E-state index contributed by atoms with van der Waals surface area (Å²) in [6, 6.07) is 1.75. The van der Waals surface area contributed by atoms with Crippen molar-refractivity contribution in [3.8, 4) is 6.07 Å². The van der Waals surface area contributed by atoms with E-state index in [1.54, 1.807) is 6.07 Å².